The molecule has 7 heteroatoms. The van der Waals surface area contributed by atoms with Gasteiger partial charge in [0.25, 0.3) is 0 Å². The molecule has 6 nitrogen and oxygen atoms in total. The first-order valence-corrected chi connectivity index (χ1v) is 8.57. The average molecular weight is 291 g/mol. The topological polar surface area (TPSA) is 87.3 Å². The predicted octanol–water partition coefficient (Wildman–Crippen LogP) is -0.178. The van der Waals surface area contributed by atoms with E-state index in [1.807, 2.05) is 0 Å². The van der Waals surface area contributed by atoms with Crippen LogP contribution in [0.2, 0.25) is 0 Å². The van der Waals surface area contributed by atoms with Crippen molar-refractivity contribution in [1.82, 2.24) is 15.4 Å². The van der Waals surface area contributed by atoms with E-state index in [4.69, 9.17) is 0 Å². The third kappa shape index (κ3) is 4.74. The first-order valence-electron chi connectivity index (χ1n) is 6.92. The first kappa shape index (κ1) is 16.4. The van der Waals surface area contributed by atoms with Gasteiger partial charge in [0.1, 0.15) is 0 Å². The summed E-state index contributed by atoms with van der Waals surface area (Å²) in [7, 11) is -3.26. The Kier molecular flexibility index (Phi) is 6.22. The highest BCUT2D eigenvalue weighted by molar-refractivity contribution is 7.89. The highest BCUT2D eigenvalue weighted by Gasteiger charge is 2.39. The van der Waals surface area contributed by atoms with E-state index in [0.717, 1.165) is 25.8 Å². The Morgan fingerprint density at radius 3 is 2.63 bits per heavy atom. The number of sulfonamides is 1. The maximum atomic E-state index is 12.2. The van der Waals surface area contributed by atoms with Crippen molar-refractivity contribution in [3.05, 3.63) is 0 Å². The lowest BCUT2D eigenvalue weighted by atomic mass is 9.81. The maximum Gasteiger partial charge on any atom is 0.227 e. The fourth-order valence-corrected chi connectivity index (χ4v) is 3.48. The number of carbonyl (C=O) groups excluding carboxylic acids is 1. The molecule has 0 aromatic carbocycles. The molecule has 0 aromatic rings. The highest BCUT2D eigenvalue weighted by Crippen LogP contribution is 2.31. The molecule has 0 aliphatic carbocycles. The van der Waals surface area contributed by atoms with Gasteiger partial charge in [-0.15, -0.1) is 0 Å². The van der Waals surface area contributed by atoms with Crippen molar-refractivity contribution in [3.63, 3.8) is 0 Å². The van der Waals surface area contributed by atoms with E-state index in [2.05, 4.69) is 22.3 Å². The molecule has 0 bridgehead atoms. The van der Waals surface area contributed by atoms with Crippen LogP contribution in [0.3, 0.4) is 0 Å². The van der Waals surface area contributed by atoms with Crippen LogP contribution in [-0.4, -0.2) is 46.3 Å². The summed E-state index contributed by atoms with van der Waals surface area (Å²) in [5.41, 5.74) is -0.350. The fourth-order valence-electron chi connectivity index (χ4n) is 2.52. The lowest BCUT2D eigenvalue weighted by Gasteiger charge is -2.26. The summed E-state index contributed by atoms with van der Waals surface area (Å²) in [5, 5.41) is 5.98. The minimum absolute atomic E-state index is 0.0222. The Balaban J connectivity index is 2.46. The van der Waals surface area contributed by atoms with Crippen LogP contribution in [0.25, 0.3) is 0 Å². The maximum absolute atomic E-state index is 12.2. The Labute approximate surface area is 115 Å². The molecule has 0 aromatic heterocycles. The SMILES string of the molecule is CCCC1(C(=O)NCCS(=O)(=O)NCC)CCNC1. The smallest absolute Gasteiger partial charge is 0.227 e. The van der Waals surface area contributed by atoms with E-state index in [0.29, 0.717) is 13.1 Å². The van der Waals surface area contributed by atoms with Crippen LogP contribution in [0.1, 0.15) is 33.1 Å². The molecule has 1 aliphatic heterocycles. The van der Waals surface area contributed by atoms with Crippen LogP contribution in [-0.2, 0) is 14.8 Å². The van der Waals surface area contributed by atoms with Gasteiger partial charge in [-0.05, 0) is 19.4 Å². The molecule has 19 heavy (non-hydrogen) atoms. The molecule has 1 amide bonds. The lowest BCUT2D eigenvalue weighted by molar-refractivity contribution is -0.130. The van der Waals surface area contributed by atoms with Crippen LogP contribution in [0, 0.1) is 5.41 Å². The van der Waals surface area contributed by atoms with Crippen molar-refractivity contribution in [2.75, 3.05) is 31.9 Å². The summed E-state index contributed by atoms with van der Waals surface area (Å²) in [5.74, 6) is -0.0894. The highest BCUT2D eigenvalue weighted by atomic mass is 32.2. The molecule has 1 saturated heterocycles. The number of amides is 1. The molecule has 1 heterocycles. The molecule has 112 valence electrons. The van der Waals surface area contributed by atoms with Crippen LogP contribution < -0.4 is 15.4 Å². The van der Waals surface area contributed by atoms with Gasteiger partial charge >= 0.3 is 0 Å². The Morgan fingerprint density at radius 1 is 1.37 bits per heavy atom. The molecule has 0 radical (unpaired) electrons. The van der Waals surface area contributed by atoms with Crippen molar-refractivity contribution in [1.29, 1.82) is 0 Å². The van der Waals surface area contributed by atoms with Crippen molar-refractivity contribution in [3.8, 4) is 0 Å². The third-order valence-corrected chi connectivity index (χ3v) is 4.94. The Morgan fingerprint density at radius 2 is 2.11 bits per heavy atom. The second-order valence-corrected chi connectivity index (χ2v) is 6.96. The minimum Gasteiger partial charge on any atom is -0.355 e. The molecule has 1 aliphatic rings. The van der Waals surface area contributed by atoms with Crippen molar-refractivity contribution >= 4 is 15.9 Å². The quantitative estimate of drug-likeness (QED) is 0.579. The summed E-state index contributed by atoms with van der Waals surface area (Å²) >= 11 is 0. The Hall–Kier alpha value is -0.660. The van der Waals surface area contributed by atoms with E-state index in [1.54, 1.807) is 6.92 Å². The minimum atomic E-state index is -3.26. The van der Waals surface area contributed by atoms with E-state index in [9.17, 15) is 13.2 Å². The number of nitrogens with one attached hydrogen (secondary N) is 3. The molecule has 0 saturated carbocycles. The molecular weight excluding hydrogens is 266 g/mol. The summed E-state index contributed by atoms with van der Waals surface area (Å²) in [6.07, 6.45) is 2.61. The second kappa shape index (κ2) is 7.21. The zero-order valence-electron chi connectivity index (χ0n) is 11.8. The Bertz CT molecular complexity index is 389. The van der Waals surface area contributed by atoms with Gasteiger partial charge in [-0.3, -0.25) is 4.79 Å². The number of hydrogen-bond acceptors (Lipinski definition) is 4. The third-order valence-electron chi connectivity index (χ3n) is 3.47. The van der Waals surface area contributed by atoms with Gasteiger partial charge in [-0.1, -0.05) is 20.3 Å². The van der Waals surface area contributed by atoms with Gasteiger partial charge in [0.2, 0.25) is 15.9 Å². The van der Waals surface area contributed by atoms with Crippen molar-refractivity contribution in [2.24, 2.45) is 5.41 Å². The predicted molar refractivity (Wildman–Crippen MR) is 75.3 cm³/mol. The summed E-state index contributed by atoms with van der Waals surface area (Å²) in [6.45, 7) is 5.87. The van der Waals surface area contributed by atoms with Crippen LogP contribution >= 0.6 is 0 Å². The second-order valence-electron chi connectivity index (χ2n) is 5.03. The monoisotopic (exact) mass is 291 g/mol. The summed E-state index contributed by atoms with van der Waals surface area (Å²) in [4.78, 5) is 12.2. The number of rotatable bonds is 8. The number of hydrogen-bond donors (Lipinski definition) is 3. The van der Waals surface area contributed by atoms with E-state index in [-0.39, 0.29) is 23.6 Å². The zero-order valence-corrected chi connectivity index (χ0v) is 12.6. The van der Waals surface area contributed by atoms with E-state index < -0.39 is 10.0 Å². The molecule has 1 fully saturated rings. The van der Waals surface area contributed by atoms with Gasteiger partial charge in [0, 0.05) is 19.6 Å². The first-order chi connectivity index (χ1) is 8.96. The van der Waals surface area contributed by atoms with Gasteiger partial charge in [-0.25, -0.2) is 13.1 Å². The summed E-state index contributed by atoms with van der Waals surface area (Å²) in [6, 6.07) is 0. The van der Waals surface area contributed by atoms with Crippen LogP contribution in [0.5, 0.6) is 0 Å². The average Bonchev–Trinajstić information content (AvgIpc) is 2.79. The fraction of sp³-hybridized carbons (Fsp3) is 0.917. The lowest BCUT2D eigenvalue weighted by Crippen LogP contribution is -2.44. The number of carbonyl (C=O) groups is 1. The normalized spacial score (nSPS) is 23.5. The van der Waals surface area contributed by atoms with Gasteiger partial charge in [0.15, 0.2) is 0 Å². The van der Waals surface area contributed by atoms with Gasteiger partial charge < -0.3 is 10.6 Å². The molecular formula is C12H25N3O3S. The van der Waals surface area contributed by atoms with Crippen LogP contribution in [0.4, 0.5) is 0 Å². The van der Waals surface area contributed by atoms with Gasteiger partial charge in [0.05, 0.1) is 11.2 Å². The molecule has 1 atom stereocenters. The summed E-state index contributed by atoms with van der Waals surface area (Å²) < 4.78 is 25.3. The van der Waals surface area contributed by atoms with Gasteiger partial charge in [-0.2, -0.15) is 0 Å². The van der Waals surface area contributed by atoms with Crippen LogP contribution in [0.15, 0.2) is 0 Å². The molecule has 0 spiro atoms. The molecule has 3 N–H and O–H groups in total. The standard InChI is InChI=1S/C12H25N3O3S/c1-3-5-12(6-7-13-10-12)11(16)14-8-9-19(17,18)15-4-2/h13,15H,3-10H2,1-2H3,(H,14,16). The largest absolute Gasteiger partial charge is 0.355 e. The van der Waals surface area contributed by atoms with Crippen molar-refractivity contribution < 1.29 is 13.2 Å². The zero-order chi connectivity index (χ0) is 14.4. The van der Waals surface area contributed by atoms with E-state index in [1.165, 1.54) is 0 Å². The van der Waals surface area contributed by atoms with E-state index >= 15 is 0 Å². The molecule has 1 unspecified atom stereocenters. The molecule has 1 rings (SSSR count). The van der Waals surface area contributed by atoms with Crippen molar-refractivity contribution in [2.45, 2.75) is 33.1 Å².